The van der Waals surface area contributed by atoms with Crippen LogP contribution in [0.1, 0.15) is 20.0 Å². The van der Waals surface area contributed by atoms with Gasteiger partial charge < -0.3 is 10.4 Å². The maximum absolute atomic E-state index is 12.1. The van der Waals surface area contributed by atoms with Crippen LogP contribution in [0.25, 0.3) is 0 Å². The van der Waals surface area contributed by atoms with Crippen LogP contribution >= 0.6 is 54.8 Å². The minimum atomic E-state index is -1.16. The normalized spacial score (nSPS) is 10.3. The second-order valence-corrected chi connectivity index (χ2v) is 7.34. The van der Waals surface area contributed by atoms with Crippen molar-refractivity contribution in [1.29, 1.82) is 0 Å². The smallest absolute Gasteiger partial charge is 0.337 e. The van der Waals surface area contributed by atoms with Gasteiger partial charge in [0.15, 0.2) is 0 Å². The maximum Gasteiger partial charge on any atom is 0.337 e. The third-order valence-corrected chi connectivity index (χ3v) is 5.82. The first-order valence-corrected chi connectivity index (χ1v) is 7.95. The third-order valence-electron chi connectivity index (χ3n) is 2.33. The van der Waals surface area contributed by atoms with E-state index in [1.54, 1.807) is 6.07 Å². The highest BCUT2D eigenvalue weighted by molar-refractivity contribution is 9.13. The van der Waals surface area contributed by atoms with Crippen LogP contribution < -0.4 is 5.32 Å². The summed E-state index contributed by atoms with van der Waals surface area (Å²) in [7, 11) is 0. The molecule has 4 nitrogen and oxygen atoms in total. The van der Waals surface area contributed by atoms with Gasteiger partial charge in [0.1, 0.15) is 0 Å². The van der Waals surface area contributed by atoms with Crippen LogP contribution in [0.5, 0.6) is 0 Å². The zero-order valence-electron chi connectivity index (χ0n) is 9.62. The van der Waals surface area contributed by atoms with E-state index < -0.39 is 5.97 Å². The van der Waals surface area contributed by atoms with Gasteiger partial charge >= 0.3 is 5.97 Å². The average molecular weight is 440 g/mol. The molecule has 8 heteroatoms. The fourth-order valence-corrected chi connectivity index (χ4v) is 3.55. The predicted molar refractivity (Wildman–Crippen MR) is 86.1 cm³/mol. The lowest BCUT2D eigenvalue weighted by Crippen LogP contribution is -2.13. The minimum Gasteiger partial charge on any atom is -0.478 e. The van der Waals surface area contributed by atoms with Crippen molar-refractivity contribution in [2.75, 3.05) is 5.32 Å². The lowest BCUT2D eigenvalue weighted by molar-refractivity contribution is 0.0698. The quantitative estimate of drug-likeness (QED) is 0.717. The summed E-state index contributed by atoms with van der Waals surface area (Å²) in [6.45, 7) is 0. The molecular weight excluding hydrogens is 433 g/mol. The summed E-state index contributed by atoms with van der Waals surface area (Å²) in [6.07, 6.45) is 0. The Kier molecular flexibility index (Phi) is 4.85. The van der Waals surface area contributed by atoms with Crippen molar-refractivity contribution in [2.45, 2.75) is 0 Å². The van der Waals surface area contributed by atoms with E-state index in [1.165, 1.54) is 29.5 Å². The van der Waals surface area contributed by atoms with E-state index in [-0.39, 0.29) is 17.2 Å². The van der Waals surface area contributed by atoms with Crippen molar-refractivity contribution < 1.29 is 14.7 Å². The van der Waals surface area contributed by atoms with Gasteiger partial charge in [0.2, 0.25) is 0 Å². The fraction of sp³-hybridized carbons (Fsp3) is 0. The number of thiophene rings is 1. The highest BCUT2D eigenvalue weighted by Crippen LogP contribution is 2.33. The zero-order valence-corrected chi connectivity index (χ0v) is 14.4. The zero-order chi connectivity index (χ0) is 14.9. The molecule has 2 N–H and O–H groups in total. The van der Waals surface area contributed by atoms with Gasteiger partial charge in [-0.15, -0.1) is 11.3 Å². The largest absolute Gasteiger partial charge is 0.478 e. The van der Waals surface area contributed by atoms with Gasteiger partial charge in [0, 0.05) is 9.50 Å². The van der Waals surface area contributed by atoms with E-state index >= 15 is 0 Å². The SMILES string of the molecule is O=C(Nc1ccc(Cl)cc1C(=O)O)c1cc(Br)c(Br)s1. The van der Waals surface area contributed by atoms with E-state index in [1.807, 2.05) is 0 Å². The van der Waals surface area contributed by atoms with Gasteiger partial charge in [-0.05, 0) is 56.1 Å². The van der Waals surface area contributed by atoms with Gasteiger partial charge in [-0.2, -0.15) is 0 Å². The number of hydrogen-bond donors (Lipinski definition) is 2. The molecule has 0 saturated heterocycles. The predicted octanol–water partition coefficient (Wildman–Crippen LogP) is 4.88. The molecule has 0 bridgehead atoms. The van der Waals surface area contributed by atoms with Crippen LogP contribution in [0.15, 0.2) is 32.5 Å². The summed E-state index contributed by atoms with van der Waals surface area (Å²) < 4.78 is 1.56. The van der Waals surface area contributed by atoms with E-state index in [0.29, 0.717) is 9.90 Å². The minimum absolute atomic E-state index is 0.0551. The molecule has 2 aromatic rings. The van der Waals surface area contributed by atoms with E-state index in [2.05, 4.69) is 37.2 Å². The molecule has 104 valence electrons. The number of nitrogens with one attached hydrogen (secondary N) is 1. The van der Waals surface area contributed by atoms with Crippen LogP contribution in [0, 0.1) is 0 Å². The first-order valence-electron chi connectivity index (χ1n) is 5.17. The van der Waals surface area contributed by atoms with Gasteiger partial charge in [0.25, 0.3) is 5.91 Å². The standard InChI is InChI=1S/C12H6Br2ClNO3S/c13-7-4-9(20-10(7)14)11(17)16-8-2-1-5(15)3-6(8)12(18)19/h1-4H,(H,16,17)(H,18,19). The van der Waals surface area contributed by atoms with Gasteiger partial charge in [-0.3, -0.25) is 4.79 Å². The molecule has 0 unspecified atom stereocenters. The molecule has 0 radical (unpaired) electrons. The van der Waals surface area contributed by atoms with E-state index in [9.17, 15) is 9.59 Å². The van der Waals surface area contributed by atoms with Crippen molar-refractivity contribution in [3.63, 3.8) is 0 Å². The Balaban J connectivity index is 2.30. The first-order chi connectivity index (χ1) is 9.38. The van der Waals surface area contributed by atoms with E-state index in [4.69, 9.17) is 16.7 Å². The summed E-state index contributed by atoms with van der Waals surface area (Å²) in [5.41, 5.74) is 0.146. The summed E-state index contributed by atoms with van der Waals surface area (Å²) in [5.74, 6) is -1.54. The van der Waals surface area contributed by atoms with Crippen molar-refractivity contribution in [1.82, 2.24) is 0 Å². The lowest BCUT2D eigenvalue weighted by Gasteiger charge is -2.07. The molecule has 0 spiro atoms. The van der Waals surface area contributed by atoms with Crippen molar-refractivity contribution in [3.8, 4) is 0 Å². The number of halogens is 3. The van der Waals surface area contributed by atoms with Crippen molar-refractivity contribution in [3.05, 3.63) is 48.0 Å². The third kappa shape index (κ3) is 3.41. The van der Waals surface area contributed by atoms with Crippen LogP contribution in [0.4, 0.5) is 5.69 Å². The number of carboxylic acid groups (broad SMARTS) is 1. The molecule has 0 saturated carbocycles. The molecule has 2 rings (SSSR count). The second-order valence-electron chi connectivity index (χ2n) is 3.68. The lowest BCUT2D eigenvalue weighted by atomic mass is 10.2. The number of carbonyl (C=O) groups excluding carboxylic acids is 1. The summed E-state index contributed by atoms with van der Waals surface area (Å²) in [6, 6.07) is 5.92. The molecule has 0 atom stereocenters. The fourth-order valence-electron chi connectivity index (χ4n) is 1.44. The topological polar surface area (TPSA) is 66.4 Å². The Morgan fingerprint density at radius 2 is 1.95 bits per heavy atom. The number of hydrogen-bond acceptors (Lipinski definition) is 3. The molecular formula is C12H6Br2ClNO3S. The van der Waals surface area contributed by atoms with Crippen molar-refractivity contribution in [2.24, 2.45) is 0 Å². The Morgan fingerprint density at radius 3 is 2.50 bits per heavy atom. The molecule has 1 aromatic heterocycles. The molecule has 0 aliphatic rings. The number of anilines is 1. The number of aromatic carboxylic acids is 1. The van der Waals surface area contributed by atoms with Gasteiger partial charge in [0.05, 0.1) is 19.9 Å². The molecule has 0 aliphatic carbocycles. The summed E-state index contributed by atoms with van der Waals surface area (Å²) >= 11 is 13.6. The Bertz CT molecular complexity index is 683. The Morgan fingerprint density at radius 1 is 1.25 bits per heavy atom. The average Bonchev–Trinajstić information content (AvgIpc) is 2.71. The van der Waals surface area contributed by atoms with Crippen LogP contribution in [-0.2, 0) is 0 Å². The summed E-state index contributed by atoms with van der Waals surface area (Å²) in [4.78, 5) is 23.7. The molecule has 0 aliphatic heterocycles. The number of carboxylic acids is 1. The van der Waals surface area contributed by atoms with Crippen molar-refractivity contribution >= 4 is 72.4 Å². The molecule has 20 heavy (non-hydrogen) atoms. The molecule has 1 heterocycles. The number of amides is 1. The monoisotopic (exact) mass is 437 g/mol. The van der Waals surface area contributed by atoms with Crippen LogP contribution in [0.2, 0.25) is 5.02 Å². The van der Waals surface area contributed by atoms with Crippen LogP contribution in [-0.4, -0.2) is 17.0 Å². The van der Waals surface area contributed by atoms with E-state index in [0.717, 1.165) is 8.26 Å². The summed E-state index contributed by atoms with van der Waals surface area (Å²) in [5, 5.41) is 12.0. The van der Waals surface area contributed by atoms with Gasteiger partial charge in [-0.1, -0.05) is 11.6 Å². The molecule has 1 aromatic carbocycles. The number of rotatable bonds is 3. The second kappa shape index (κ2) is 6.26. The maximum atomic E-state index is 12.1. The van der Waals surface area contributed by atoms with Gasteiger partial charge in [-0.25, -0.2) is 4.79 Å². The number of carbonyl (C=O) groups is 2. The molecule has 1 amide bonds. The van der Waals surface area contributed by atoms with Crippen LogP contribution in [0.3, 0.4) is 0 Å². The molecule has 0 fully saturated rings. The highest BCUT2D eigenvalue weighted by Gasteiger charge is 2.16. The Labute approximate surface area is 140 Å². The Hall–Kier alpha value is -0.890. The first kappa shape index (κ1) is 15.5. The number of benzene rings is 1. The highest BCUT2D eigenvalue weighted by atomic mass is 79.9.